The maximum atomic E-state index is 10.8. The van der Waals surface area contributed by atoms with E-state index >= 15 is 0 Å². The molecule has 1 heterocycles. The summed E-state index contributed by atoms with van der Waals surface area (Å²) in [7, 11) is 0. The molecule has 0 atom stereocenters. The smallest absolute Gasteiger partial charge is 0.332 e. The Hall–Kier alpha value is -1.69. The van der Waals surface area contributed by atoms with E-state index in [1.54, 1.807) is 6.08 Å². The Bertz CT molecular complexity index is 422. The number of aryl methyl sites for hydroxylation is 1. The monoisotopic (exact) mass is 242 g/mol. The van der Waals surface area contributed by atoms with E-state index in [2.05, 4.69) is 21.9 Å². The highest BCUT2D eigenvalue weighted by Crippen LogP contribution is 2.26. The van der Waals surface area contributed by atoms with Crippen LogP contribution in [0, 0.1) is 17.0 Å². The molecule has 1 aromatic rings. The van der Waals surface area contributed by atoms with Crippen molar-refractivity contribution in [2.24, 2.45) is 0 Å². The number of hydrogen-bond acceptors (Lipinski definition) is 5. The maximum Gasteiger partial charge on any atom is 0.332 e. The average molecular weight is 243 g/mol. The summed E-state index contributed by atoms with van der Waals surface area (Å²) >= 11 is 5.63. The normalized spacial score (nSPS) is 9.88. The standard InChI is InChI=1S/C9H11ClN4O2/c1-3-4-5-11-8-7(14(15)16)6(2)12-9(10)13-8/h3H,1,4-5H2,2H3,(H,11,12,13). The first kappa shape index (κ1) is 12.4. The molecule has 16 heavy (non-hydrogen) atoms. The highest BCUT2D eigenvalue weighted by molar-refractivity contribution is 6.28. The molecule has 6 nitrogen and oxygen atoms in total. The van der Waals surface area contributed by atoms with Crippen molar-refractivity contribution in [3.05, 3.63) is 33.7 Å². The molecule has 0 amide bonds. The van der Waals surface area contributed by atoms with Crippen molar-refractivity contribution in [3.63, 3.8) is 0 Å². The molecule has 0 saturated carbocycles. The average Bonchev–Trinajstić information content (AvgIpc) is 2.16. The van der Waals surface area contributed by atoms with Gasteiger partial charge < -0.3 is 5.32 Å². The van der Waals surface area contributed by atoms with Gasteiger partial charge in [-0.15, -0.1) is 6.58 Å². The van der Waals surface area contributed by atoms with Crippen LogP contribution in [0.5, 0.6) is 0 Å². The highest BCUT2D eigenvalue weighted by Gasteiger charge is 2.20. The van der Waals surface area contributed by atoms with Crippen molar-refractivity contribution in [1.82, 2.24) is 9.97 Å². The van der Waals surface area contributed by atoms with E-state index in [9.17, 15) is 10.1 Å². The molecule has 0 radical (unpaired) electrons. The van der Waals surface area contributed by atoms with Crippen molar-refractivity contribution >= 4 is 23.1 Å². The largest absolute Gasteiger partial charge is 0.364 e. The lowest BCUT2D eigenvalue weighted by Crippen LogP contribution is -2.08. The van der Waals surface area contributed by atoms with Gasteiger partial charge in [0, 0.05) is 6.54 Å². The number of nitrogens with zero attached hydrogens (tertiary/aromatic N) is 3. The molecule has 0 aliphatic rings. The minimum absolute atomic E-state index is 0.01000. The number of halogens is 1. The molecule has 0 unspecified atom stereocenters. The van der Waals surface area contributed by atoms with Gasteiger partial charge in [0.05, 0.1) is 4.92 Å². The molecule has 0 spiro atoms. The molecule has 0 fully saturated rings. The van der Waals surface area contributed by atoms with Gasteiger partial charge in [0.1, 0.15) is 5.69 Å². The summed E-state index contributed by atoms with van der Waals surface area (Å²) < 4.78 is 0. The second-order valence-corrected chi connectivity index (χ2v) is 3.37. The first-order valence-corrected chi connectivity index (χ1v) is 4.97. The zero-order valence-electron chi connectivity index (χ0n) is 8.73. The van der Waals surface area contributed by atoms with E-state index in [1.165, 1.54) is 6.92 Å². The van der Waals surface area contributed by atoms with Crippen LogP contribution in [-0.4, -0.2) is 21.4 Å². The van der Waals surface area contributed by atoms with E-state index in [1.807, 2.05) is 0 Å². The number of hydrogen-bond donors (Lipinski definition) is 1. The third-order valence-corrected chi connectivity index (χ3v) is 2.02. The Morgan fingerprint density at radius 1 is 1.62 bits per heavy atom. The Morgan fingerprint density at radius 3 is 2.88 bits per heavy atom. The summed E-state index contributed by atoms with van der Waals surface area (Å²) in [6, 6.07) is 0. The fraction of sp³-hybridized carbons (Fsp3) is 0.333. The van der Waals surface area contributed by atoms with Crippen LogP contribution in [0.4, 0.5) is 11.5 Å². The SMILES string of the molecule is C=CCCNc1nc(Cl)nc(C)c1[N+](=O)[O-]. The van der Waals surface area contributed by atoms with E-state index in [4.69, 9.17) is 11.6 Å². The first-order valence-electron chi connectivity index (χ1n) is 4.59. The van der Waals surface area contributed by atoms with Crippen LogP contribution in [0.2, 0.25) is 5.28 Å². The maximum absolute atomic E-state index is 10.8. The van der Waals surface area contributed by atoms with Gasteiger partial charge in [-0.3, -0.25) is 10.1 Å². The van der Waals surface area contributed by atoms with Gasteiger partial charge in [0.2, 0.25) is 11.1 Å². The number of aromatic nitrogens is 2. The quantitative estimate of drug-likeness (QED) is 0.282. The van der Waals surface area contributed by atoms with E-state index in [0.717, 1.165) is 0 Å². The molecule has 0 aromatic carbocycles. The molecule has 0 bridgehead atoms. The molecule has 0 aliphatic heterocycles. The summed E-state index contributed by atoms with van der Waals surface area (Å²) in [5.41, 5.74) is 0.0968. The van der Waals surface area contributed by atoms with Crippen molar-refractivity contribution in [1.29, 1.82) is 0 Å². The second-order valence-electron chi connectivity index (χ2n) is 3.04. The molecule has 1 N–H and O–H groups in total. The van der Waals surface area contributed by atoms with E-state index in [-0.39, 0.29) is 22.5 Å². The topological polar surface area (TPSA) is 81.0 Å². The predicted molar refractivity (Wildman–Crippen MR) is 61.7 cm³/mol. The van der Waals surface area contributed by atoms with Gasteiger partial charge in [-0.2, -0.15) is 4.98 Å². The second kappa shape index (κ2) is 5.41. The molecule has 1 aromatic heterocycles. The zero-order chi connectivity index (χ0) is 12.1. The van der Waals surface area contributed by atoms with Gasteiger partial charge in [-0.05, 0) is 24.9 Å². The zero-order valence-corrected chi connectivity index (χ0v) is 9.49. The molecule has 1 rings (SSSR count). The number of anilines is 1. The lowest BCUT2D eigenvalue weighted by Gasteiger charge is -2.06. The summed E-state index contributed by atoms with van der Waals surface area (Å²) in [5, 5.41) is 13.6. The molecule has 7 heteroatoms. The summed E-state index contributed by atoms with van der Waals surface area (Å²) in [6.45, 7) is 5.58. The van der Waals surface area contributed by atoms with Gasteiger partial charge in [-0.1, -0.05) is 6.08 Å². The van der Waals surface area contributed by atoms with Crippen molar-refractivity contribution in [3.8, 4) is 0 Å². The fourth-order valence-corrected chi connectivity index (χ4v) is 1.38. The highest BCUT2D eigenvalue weighted by atomic mass is 35.5. The summed E-state index contributed by atoms with van der Waals surface area (Å²) in [6.07, 6.45) is 2.38. The molecule has 86 valence electrons. The van der Waals surface area contributed by atoms with E-state index < -0.39 is 4.92 Å². The minimum atomic E-state index is -0.526. The third-order valence-electron chi connectivity index (χ3n) is 1.85. The van der Waals surface area contributed by atoms with Crippen LogP contribution >= 0.6 is 11.6 Å². The van der Waals surface area contributed by atoms with Crippen LogP contribution in [0.15, 0.2) is 12.7 Å². The third kappa shape index (κ3) is 2.90. The van der Waals surface area contributed by atoms with Gasteiger partial charge in [-0.25, -0.2) is 4.98 Å². The van der Waals surface area contributed by atoms with Crippen LogP contribution in [-0.2, 0) is 0 Å². The number of nitro groups is 1. The van der Waals surface area contributed by atoms with Crippen LogP contribution < -0.4 is 5.32 Å². The molecular formula is C9H11ClN4O2. The fourth-order valence-electron chi connectivity index (χ4n) is 1.17. The Labute approximate surface area is 97.5 Å². The van der Waals surface area contributed by atoms with Gasteiger partial charge in [0.25, 0.3) is 0 Å². The van der Waals surface area contributed by atoms with Crippen molar-refractivity contribution in [2.75, 3.05) is 11.9 Å². The Balaban J connectivity index is 3.03. The van der Waals surface area contributed by atoms with Crippen LogP contribution in [0.1, 0.15) is 12.1 Å². The number of nitrogens with one attached hydrogen (secondary N) is 1. The molecule has 0 saturated heterocycles. The molecular weight excluding hydrogens is 232 g/mol. The van der Waals surface area contributed by atoms with Crippen LogP contribution in [0.3, 0.4) is 0 Å². The van der Waals surface area contributed by atoms with E-state index in [0.29, 0.717) is 13.0 Å². The van der Waals surface area contributed by atoms with Crippen molar-refractivity contribution < 1.29 is 4.92 Å². The lowest BCUT2D eigenvalue weighted by molar-refractivity contribution is -0.385. The minimum Gasteiger partial charge on any atom is -0.364 e. The lowest BCUT2D eigenvalue weighted by atomic mass is 10.3. The van der Waals surface area contributed by atoms with Crippen molar-refractivity contribution in [2.45, 2.75) is 13.3 Å². The summed E-state index contributed by atoms with van der Waals surface area (Å²) in [5.74, 6) is 0.143. The predicted octanol–water partition coefficient (Wildman–Crippen LogP) is 2.33. The Morgan fingerprint density at radius 2 is 2.31 bits per heavy atom. The van der Waals surface area contributed by atoms with Gasteiger partial charge in [0.15, 0.2) is 0 Å². The summed E-state index contributed by atoms with van der Waals surface area (Å²) in [4.78, 5) is 17.8. The number of rotatable bonds is 5. The Kier molecular flexibility index (Phi) is 4.19. The first-order chi connectivity index (χ1) is 7.56. The van der Waals surface area contributed by atoms with Gasteiger partial charge >= 0.3 is 5.69 Å². The van der Waals surface area contributed by atoms with Crippen LogP contribution in [0.25, 0.3) is 0 Å². The molecule has 0 aliphatic carbocycles.